The highest BCUT2D eigenvalue weighted by Gasteiger charge is 1.95. The maximum absolute atomic E-state index is 8.27. The van der Waals surface area contributed by atoms with Crippen LogP contribution in [0.4, 0.5) is 5.69 Å². The molecular weight excluding hydrogens is 226 g/mol. The molecule has 0 heterocycles. The lowest BCUT2D eigenvalue weighted by Crippen LogP contribution is -1.94. The first kappa shape index (κ1) is 13.6. The number of ether oxygens (including phenoxy) is 1. The Hall–Kier alpha value is -2.45. The molecule has 0 atom stereocenters. The van der Waals surface area contributed by atoms with Crippen molar-refractivity contribution in [1.82, 2.24) is 0 Å². The van der Waals surface area contributed by atoms with Gasteiger partial charge in [-0.1, -0.05) is 42.9 Å². The van der Waals surface area contributed by atoms with E-state index in [1.165, 1.54) is 0 Å². The summed E-state index contributed by atoms with van der Waals surface area (Å²) in [6.45, 7) is 0.529. The number of nitrogens with zero attached hydrogens (tertiary/aromatic N) is 3. The molecule has 0 saturated carbocycles. The number of hydrogen-bond donors (Lipinski definition) is 0. The second kappa shape index (κ2) is 6.99. The van der Waals surface area contributed by atoms with Gasteiger partial charge in [0.1, 0.15) is 12.4 Å². The van der Waals surface area contributed by atoms with Crippen molar-refractivity contribution in [2.75, 3.05) is 0 Å². The zero-order chi connectivity index (χ0) is 11.9. The number of hydrogen-bond acceptors (Lipinski definition) is 2. The minimum atomic E-state index is 0. The van der Waals surface area contributed by atoms with E-state index in [1.54, 1.807) is 24.3 Å². The summed E-state index contributed by atoms with van der Waals surface area (Å²) in [5, 5.41) is 3.49. The fraction of sp³-hybridized carbons (Fsp3) is 0.143. The lowest BCUT2D eigenvalue weighted by Gasteiger charge is -2.05. The Bertz CT molecular complexity index is 516. The maximum atomic E-state index is 8.27. The van der Waals surface area contributed by atoms with E-state index in [-0.39, 0.29) is 7.43 Å². The second-order valence-electron chi connectivity index (χ2n) is 3.46. The van der Waals surface area contributed by atoms with Crippen molar-refractivity contribution in [3.8, 4) is 5.75 Å². The van der Waals surface area contributed by atoms with Crippen LogP contribution in [0.3, 0.4) is 0 Å². The van der Waals surface area contributed by atoms with Crippen LogP contribution in [0.5, 0.6) is 5.75 Å². The Labute approximate surface area is 106 Å². The molecule has 4 nitrogen and oxygen atoms in total. The summed E-state index contributed by atoms with van der Waals surface area (Å²) in [6.07, 6.45) is 0. The standard InChI is InChI=1S/C13H11N3O.CH4/c14-16-15-12-6-8-13(9-7-12)17-10-11-4-2-1-3-5-11;/h1-9H,10H2;1H4. The van der Waals surface area contributed by atoms with Gasteiger partial charge in [0, 0.05) is 10.6 Å². The first-order valence-electron chi connectivity index (χ1n) is 5.20. The molecule has 0 aromatic heterocycles. The van der Waals surface area contributed by atoms with Crippen LogP contribution < -0.4 is 4.74 Å². The summed E-state index contributed by atoms with van der Waals surface area (Å²) < 4.78 is 5.59. The average molecular weight is 241 g/mol. The van der Waals surface area contributed by atoms with Crippen molar-refractivity contribution >= 4 is 5.69 Å². The van der Waals surface area contributed by atoms with Crippen LogP contribution in [0.2, 0.25) is 0 Å². The van der Waals surface area contributed by atoms with Crippen molar-refractivity contribution in [2.45, 2.75) is 14.0 Å². The van der Waals surface area contributed by atoms with Crippen molar-refractivity contribution < 1.29 is 4.74 Å². The van der Waals surface area contributed by atoms with Crippen LogP contribution in [-0.4, -0.2) is 0 Å². The van der Waals surface area contributed by atoms with Crippen molar-refractivity contribution in [2.24, 2.45) is 5.11 Å². The van der Waals surface area contributed by atoms with Gasteiger partial charge in [-0.3, -0.25) is 0 Å². The average Bonchev–Trinajstić information content (AvgIpc) is 2.40. The lowest BCUT2D eigenvalue weighted by atomic mass is 10.2. The summed E-state index contributed by atoms with van der Waals surface area (Å²) in [4.78, 5) is 2.71. The smallest absolute Gasteiger partial charge is 0.119 e. The lowest BCUT2D eigenvalue weighted by molar-refractivity contribution is 0.306. The molecule has 0 N–H and O–H groups in total. The van der Waals surface area contributed by atoms with E-state index in [4.69, 9.17) is 10.3 Å². The van der Waals surface area contributed by atoms with Crippen LogP contribution in [0, 0.1) is 0 Å². The quantitative estimate of drug-likeness (QED) is 0.429. The molecule has 0 saturated heterocycles. The number of rotatable bonds is 4. The van der Waals surface area contributed by atoms with Crippen molar-refractivity contribution in [1.29, 1.82) is 0 Å². The van der Waals surface area contributed by atoms with Gasteiger partial charge in [-0.2, -0.15) is 0 Å². The van der Waals surface area contributed by atoms with Gasteiger partial charge in [-0.15, -0.1) is 0 Å². The molecule has 2 rings (SSSR count). The van der Waals surface area contributed by atoms with Gasteiger partial charge in [-0.05, 0) is 35.4 Å². The molecule has 0 spiro atoms. The third-order valence-corrected chi connectivity index (χ3v) is 2.25. The molecular formula is C14H15N3O. The summed E-state index contributed by atoms with van der Waals surface area (Å²) in [5.41, 5.74) is 9.97. The van der Waals surface area contributed by atoms with Gasteiger partial charge < -0.3 is 4.74 Å². The van der Waals surface area contributed by atoms with Gasteiger partial charge in [-0.25, -0.2) is 0 Å². The molecule has 0 aliphatic heterocycles. The molecule has 0 aliphatic carbocycles. The molecule has 0 radical (unpaired) electrons. The molecule has 92 valence electrons. The molecule has 4 heteroatoms. The van der Waals surface area contributed by atoms with Crippen molar-refractivity contribution in [3.05, 3.63) is 70.6 Å². The normalized spacial score (nSPS) is 8.89. The second-order valence-corrected chi connectivity index (χ2v) is 3.46. The highest BCUT2D eigenvalue weighted by Crippen LogP contribution is 2.19. The number of benzene rings is 2. The Morgan fingerprint density at radius 2 is 1.67 bits per heavy atom. The molecule has 0 unspecified atom stereocenters. The van der Waals surface area contributed by atoms with Gasteiger partial charge in [0.05, 0.1) is 0 Å². The van der Waals surface area contributed by atoms with Gasteiger partial charge >= 0.3 is 0 Å². The monoisotopic (exact) mass is 241 g/mol. The first-order chi connectivity index (χ1) is 8.38. The third kappa shape index (κ3) is 3.85. The van der Waals surface area contributed by atoms with E-state index in [0.717, 1.165) is 11.3 Å². The third-order valence-electron chi connectivity index (χ3n) is 2.25. The predicted molar refractivity (Wildman–Crippen MR) is 72.8 cm³/mol. The highest BCUT2D eigenvalue weighted by atomic mass is 16.5. The van der Waals surface area contributed by atoms with Crippen LogP contribution in [0.25, 0.3) is 10.4 Å². The van der Waals surface area contributed by atoms with Crippen LogP contribution in [0.1, 0.15) is 13.0 Å². The highest BCUT2D eigenvalue weighted by molar-refractivity contribution is 5.41. The predicted octanol–water partition coefficient (Wildman–Crippen LogP) is 4.84. The van der Waals surface area contributed by atoms with E-state index in [9.17, 15) is 0 Å². The molecule has 0 aliphatic rings. The Kier molecular flexibility index (Phi) is 5.29. The van der Waals surface area contributed by atoms with E-state index in [1.807, 2.05) is 30.3 Å². The Balaban J connectivity index is 0.00000162. The number of azide groups is 1. The zero-order valence-electron chi connectivity index (χ0n) is 9.15. The largest absolute Gasteiger partial charge is 0.489 e. The molecule has 0 bridgehead atoms. The van der Waals surface area contributed by atoms with Gasteiger partial charge in [0.25, 0.3) is 0 Å². The molecule has 0 fully saturated rings. The maximum Gasteiger partial charge on any atom is 0.119 e. The molecule has 2 aromatic carbocycles. The van der Waals surface area contributed by atoms with Gasteiger partial charge in [0.15, 0.2) is 0 Å². The molecule has 0 amide bonds. The SMILES string of the molecule is C.[N-]=[N+]=Nc1ccc(OCc2ccccc2)cc1. The first-order valence-corrected chi connectivity index (χ1v) is 5.20. The van der Waals surface area contributed by atoms with Crippen LogP contribution >= 0.6 is 0 Å². The fourth-order valence-corrected chi connectivity index (χ4v) is 1.40. The summed E-state index contributed by atoms with van der Waals surface area (Å²) in [7, 11) is 0. The Morgan fingerprint density at radius 1 is 1.00 bits per heavy atom. The summed E-state index contributed by atoms with van der Waals surface area (Å²) in [6, 6.07) is 17.0. The van der Waals surface area contributed by atoms with Gasteiger partial charge in [0.2, 0.25) is 0 Å². The zero-order valence-corrected chi connectivity index (χ0v) is 9.15. The van der Waals surface area contributed by atoms with Crippen LogP contribution in [-0.2, 0) is 6.61 Å². The fourth-order valence-electron chi connectivity index (χ4n) is 1.40. The molecule has 18 heavy (non-hydrogen) atoms. The van der Waals surface area contributed by atoms with E-state index >= 15 is 0 Å². The summed E-state index contributed by atoms with van der Waals surface area (Å²) in [5.74, 6) is 0.755. The van der Waals surface area contributed by atoms with E-state index in [0.29, 0.717) is 12.3 Å². The molecule has 2 aromatic rings. The minimum absolute atomic E-state index is 0. The minimum Gasteiger partial charge on any atom is -0.489 e. The Morgan fingerprint density at radius 3 is 2.28 bits per heavy atom. The van der Waals surface area contributed by atoms with E-state index < -0.39 is 0 Å². The van der Waals surface area contributed by atoms with Crippen molar-refractivity contribution in [3.63, 3.8) is 0 Å². The summed E-state index contributed by atoms with van der Waals surface area (Å²) >= 11 is 0. The van der Waals surface area contributed by atoms with E-state index in [2.05, 4.69) is 10.0 Å². The topological polar surface area (TPSA) is 58.0 Å². The van der Waals surface area contributed by atoms with Crippen LogP contribution in [0.15, 0.2) is 59.7 Å².